The Hall–Kier alpha value is -0.810. The molecule has 0 aliphatic heterocycles. The fourth-order valence-corrected chi connectivity index (χ4v) is 3.08. The molecular formula is C11H14N2OS2. The maximum atomic E-state index is 12.0. The fraction of sp³-hybridized carbons (Fsp3) is 0.455. The second-order valence-electron chi connectivity index (χ2n) is 4.10. The van der Waals surface area contributed by atoms with Crippen LogP contribution in [0.4, 0.5) is 0 Å². The maximum Gasteiger partial charge on any atom is 0.262 e. The highest BCUT2D eigenvalue weighted by atomic mass is 32.2. The molecule has 2 heterocycles. The number of rotatable bonds is 3. The molecule has 0 unspecified atom stereocenters. The molecule has 0 fully saturated rings. The van der Waals surface area contributed by atoms with Gasteiger partial charge in [0, 0.05) is 12.8 Å². The SMILES string of the molecule is CC(C)CSc1nc2sccc2c(=O)n1C. The highest BCUT2D eigenvalue weighted by Crippen LogP contribution is 2.21. The molecule has 5 heteroatoms. The van der Waals surface area contributed by atoms with Crippen LogP contribution in [0.2, 0.25) is 0 Å². The van der Waals surface area contributed by atoms with E-state index in [0.29, 0.717) is 5.92 Å². The summed E-state index contributed by atoms with van der Waals surface area (Å²) in [7, 11) is 1.79. The van der Waals surface area contributed by atoms with E-state index in [-0.39, 0.29) is 5.56 Å². The molecule has 0 atom stereocenters. The number of thioether (sulfide) groups is 1. The predicted molar refractivity (Wildman–Crippen MR) is 70.4 cm³/mol. The molecule has 2 aromatic heterocycles. The molecule has 2 aromatic rings. The molecule has 0 aromatic carbocycles. The molecule has 86 valence electrons. The van der Waals surface area contributed by atoms with Crippen molar-refractivity contribution >= 4 is 33.3 Å². The Morgan fingerprint density at radius 1 is 1.56 bits per heavy atom. The van der Waals surface area contributed by atoms with Crippen molar-refractivity contribution in [1.82, 2.24) is 9.55 Å². The number of hydrogen-bond donors (Lipinski definition) is 0. The molecule has 0 spiro atoms. The minimum absolute atomic E-state index is 0.0532. The van der Waals surface area contributed by atoms with Crippen molar-refractivity contribution in [2.24, 2.45) is 13.0 Å². The van der Waals surface area contributed by atoms with Gasteiger partial charge in [0.1, 0.15) is 4.83 Å². The van der Waals surface area contributed by atoms with Gasteiger partial charge in [-0.05, 0) is 17.4 Å². The van der Waals surface area contributed by atoms with E-state index >= 15 is 0 Å². The minimum atomic E-state index is 0.0532. The Labute approximate surface area is 103 Å². The van der Waals surface area contributed by atoms with Gasteiger partial charge in [0.15, 0.2) is 5.16 Å². The second-order valence-corrected chi connectivity index (χ2v) is 5.98. The summed E-state index contributed by atoms with van der Waals surface area (Å²) in [5, 5.41) is 3.45. The number of fused-ring (bicyclic) bond motifs is 1. The third kappa shape index (κ3) is 2.15. The van der Waals surface area contributed by atoms with Gasteiger partial charge in [-0.1, -0.05) is 25.6 Å². The lowest BCUT2D eigenvalue weighted by molar-refractivity contribution is 0.714. The van der Waals surface area contributed by atoms with Gasteiger partial charge >= 0.3 is 0 Å². The molecule has 16 heavy (non-hydrogen) atoms. The lowest BCUT2D eigenvalue weighted by atomic mass is 10.3. The van der Waals surface area contributed by atoms with Crippen LogP contribution in [-0.2, 0) is 7.05 Å². The Bertz CT molecular complexity index is 557. The van der Waals surface area contributed by atoms with Crippen molar-refractivity contribution in [3.63, 3.8) is 0 Å². The molecule has 0 saturated heterocycles. The molecule has 3 nitrogen and oxygen atoms in total. The molecular weight excluding hydrogens is 240 g/mol. The van der Waals surface area contributed by atoms with Gasteiger partial charge < -0.3 is 0 Å². The average Bonchev–Trinajstić information content (AvgIpc) is 2.69. The van der Waals surface area contributed by atoms with Crippen LogP contribution in [0.5, 0.6) is 0 Å². The van der Waals surface area contributed by atoms with Crippen molar-refractivity contribution in [3.8, 4) is 0 Å². The highest BCUT2D eigenvalue weighted by molar-refractivity contribution is 7.99. The Balaban J connectivity index is 2.45. The van der Waals surface area contributed by atoms with Crippen LogP contribution in [0.1, 0.15) is 13.8 Å². The smallest absolute Gasteiger partial charge is 0.262 e. The van der Waals surface area contributed by atoms with Gasteiger partial charge in [0.2, 0.25) is 0 Å². The third-order valence-electron chi connectivity index (χ3n) is 2.21. The van der Waals surface area contributed by atoms with Crippen LogP contribution in [0.15, 0.2) is 21.4 Å². The lowest BCUT2D eigenvalue weighted by Crippen LogP contribution is -2.19. The lowest BCUT2D eigenvalue weighted by Gasteiger charge is -2.08. The van der Waals surface area contributed by atoms with Crippen molar-refractivity contribution in [3.05, 3.63) is 21.8 Å². The number of aromatic nitrogens is 2. The third-order valence-corrected chi connectivity index (χ3v) is 4.47. The summed E-state index contributed by atoms with van der Waals surface area (Å²) >= 11 is 3.17. The Morgan fingerprint density at radius 2 is 2.31 bits per heavy atom. The predicted octanol–water partition coefficient (Wildman–Crippen LogP) is 2.74. The zero-order valence-corrected chi connectivity index (χ0v) is 11.2. The van der Waals surface area contributed by atoms with Crippen molar-refractivity contribution < 1.29 is 0 Å². The summed E-state index contributed by atoms with van der Waals surface area (Å²) in [5.74, 6) is 1.58. The zero-order valence-electron chi connectivity index (χ0n) is 9.56. The van der Waals surface area contributed by atoms with Gasteiger partial charge in [-0.25, -0.2) is 4.98 Å². The van der Waals surface area contributed by atoms with Crippen LogP contribution in [0, 0.1) is 5.92 Å². The number of thiophene rings is 1. The van der Waals surface area contributed by atoms with E-state index in [1.54, 1.807) is 23.4 Å². The van der Waals surface area contributed by atoms with E-state index in [4.69, 9.17) is 0 Å². The van der Waals surface area contributed by atoms with Crippen LogP contribution in [-0.4, -0.2) is 15.3 Å². The monoisotopic (exact) mass is 254 g/mol. The standard InChI is InChI=1S/C11H14N2OS2/c1-7(2)6-16-11-12-9-8(4-5-15-9)10(14)13(11)3/h4-5,7H,6H2,1-3H3. The largest absolute Gasteiger partial charge is 0.290 e. The summed E-state index contributed by atoms with van der Waals surface area (Å²) in [4.78, 5) is 17.3. The van der Waals surface area contributed by atoms with Gasteiger partial charge in [0.05, 0.1) is 5.39 Å². The first kappa shape index (κ1) is 11.7. The maximum absolute atomic E-state index is 12.0. The van der Waals surface area contributed by atoms with E-state index in [2.05, 4.69) is 18.8 Å². The molecule has 2 rings (SSSR count). The first-order valence-electron chi connectivity index (χ1n) is 5.16. The molecule has 0 saturated carbocycles. The van der Waals surface area contributed by atoms with Crippen LogP contribution in [0.3, 0.4) is 0 Å². The van der Waals surface area contributed by atoms with E-state index < -0.39 is 0 Å². The molecule has 0 radical (unpaired) electrons. The minimum Gasteiger partial charge on any atom is -0.290 e. The first-order chi connectivity index (χ1) is 7.59. The van der Waals surface area contributed by atoms with Crippen molar-refractivity contribution in [2.75, 3.05) is 5.75 Å². The van der Waals surface area contributed by atoms with Gasteiger partial charge in [-0.2, -0.15) is 0 Å². The Morgan fingerprint density at radius 3 is 3.00 bits per heavy atom. The second kappa shape index (κ2) is 4.59. The molecule has 0 aliphatic rings. The van der Waals surface area contributed by atoms with Gasteiger partial charge in [0.25, 0.3) is 5.56 Å². The summed E-state index contributed by atoms with van der Waals surface area (Å²) in [6.07, 6.45) is 0. The summed E-state index contributed by atoms with van der Waals surface area (Å²) < 4.78 is 1.64. The van der Waals surface area contributed by atoms with Crippen LogP contribution in [0.25, 0.3) is 10.2 Å². The summed E-state index contributed by atoms with van der Waals surface area (Å²) in [5.41, 5.74) is 0.0532. The van der Waals surface area contributed by atoms with E-state index in [1.165, 1.54) is 11.3 Å². The van der Waals surface area contributed by atoms with Gasteiger partial charge in [-0.3, -0.25) is 9.36 Å². The van der Waals surface area contributed by atoms with Crippen molar-refractivity contribution in [2.45, 2.75) is 19.0 Å². The first-order valence-corrected chi connectivity index (χ1v) is 7.03. The van der Waals surface area contributed by atoms with Crippen LogP contribution < -0.4 is 5.56 Å². The molecule has 0 amide bonds. The quantitative estimate of drug-likeness (QED) is 0.624. The molecule has 0 aliphatic carbocycles. The van der Waals surface area contributed by atoms with E-state index in [1.807, 2.05) is 11.4 Å². The molecule has 0 N–H and O–H groups in total. The average molecular weight is 254 g/mol. The summed E-state index contributed by atoms with van der Waals surface area (Å²) in [6, 6.07) is 1.84. The normalized spacial score (nSPS) is 11.5. The molecule has 0 bridgehead atoms. The fourth-order valence-electron chi connectivity index (χ4n) is 1.35. The summed E-state index contributed by atoms with van der Waals surface area (Å²) in [6.45, 7) is 4.32. The number of hydrogen-bond acceptors (Lipinski definition) is 4. The topological polar surface area (TPSA) is 34.9 Å². The van der Waals surface area contributed by atoms with Crippen molar-refractivity contribution in [1.29, 1.82) is 0 Å². The highest BCUT2D eigenvalue weighted by Gasteiger charge is 2.09. The number of nitrogens with zero attached hydrogens (tertiary/aromatic N) is 2. The van der Waals surface area contributed by atoms with Crippen LogP contribution >= 0.6 is 23.1 Å². The van der Waals surface area contributed by atoms with E-state index in [0.717, 1.165) is 21.1 Å². The Kier molecular flexibility index (Phi) is 3.35. The van der Waals surface area contributed by atoms with Gasteiger partial charge in [-0.15, -0.1) is 11.3 Å². The van der Waals surface area contributed by atoms with E-state index in [9.17, 15) is 4.79 Å². The zero-order chi connectivity index (χ0) is 11.7.